The van der Waals surface area contributed by atoms with Gasteiger partial charge in [-0.3, -0.25) is 4.99 Å². The molecule has 0 spiro atoms. The Bertz CT molecular complexity index is 514. The van der Waals surface area contributed by atoms with Crippen molar-refractivity contribution in [3.05, 3.63) is 65.2 Å². The third-order valence-electron chi connectivity index (χ3n) is 2.09. The van der Waals surface area contributed by atoms with Crippen molar-refractivity contribution in [1.29, 1.82) is 0 Å². The lowest BCUT2D eigenvalue weighted by atomic mass is 10.2. The molecule has 0 radical (unpaired) electrons. The molecule has 0 bridgehead atoms. The van der Waals surface area contributed by atoms with Crippen LogP contribution in [-0.2, 0) is 0 Å². The largest absolute Gasteiger partial charge is 0.256 e. The lowest BCUT2D eigenvalue weighted by Crippen LogP contribution is -1.87. The molecule has 0 saturated heterocycles. The molecule has 0 amide bonds. The molecule has 1 nitrogen and oxygen atoms in total. The summed E-state index contributed by atoms with van der Waals surface area (Å²) in [5.74, 6) is -3.04. The topological polar surface area (TPSA) is 12.4 Å². The molecule has 0 N–H and O–H groups in total. The molecule has 18 heavy (non-hydrogen) atoms. The minimum atomic E-state index is -0.771. The summed E-state index contributed by atoms with van der Waals surface area (Å²) < 4.78 is 51.4. The molecule has 0 aliphatic rings. The van der Waals surface area contributed by atoms with E-state index < -0.39 is 23.3 Å². The molecule has 0 fully saturated rings. The van der Waals surface area contributed by atoms with Crippen LogP contribution in [0.25, 0.3) is 0 Å². The van der Waals surface area contributed by atoms with Crippen molar-refractivity contribution in [2.75, 3.05) is 0 Å². The molecule has 0 heterocycles. The van der Waals surface area contributed by atoms with Gasteiger partial charge in [-0.25, -0.2) is 17.6 Å². The van der Waals surface area contributed by atoms with E-state index in [1.54, 1.807) is 0 Å². The van der Waals surface area contributed by atoms with Crippen LogP contribution in [0.3, 0.4) is 0 Å². The van der Waals surface area contributed by atoms with Gasteiger partial charge in [0.05, 0.1) is 5.69 Å². The van der Waals surface area contributed by atoms with E-state index in [-0.39, 0.29) is 11.3 Å². The third-order valence-corrected chi connectivity index (χ3v) is 2.09. The van der Waals surface area contributed by atoms with Gasteiger partial charge in [0.1, 0.15) is 23.3 Å². The lowest BCUT2D eigenvalue weighted by Gasteiger charge is -1.97. The molecule has 2 aromatic carbocycles. The van der Waals surface area contributed by atoms with E-state index >= 15 is 0 Å². The molecule has 0 aromatic heterocycles. The van der Waals surface area contributed by atoms with Crippen molar-refractivity contribution in [2.24, 2.45) is 4.99 Å². The highest BCUT2D eigenvalue weighted by Crippen LogP contribution is 2.16. The minimum Gasteiger partial charge on any atom is -0.256 e. The van der Waals surface area contributed by atoms with Crippen LogP contribution in [0, 0.1) is 23.3 Å². The summed E-state index contributed by atoms with van der Waals surface area (Å²) in [4.78, 5) is 3.74. The molecule has 2 rings (SSSR count). The van der Waals surface area contributed by atoms with E-state index in [1.807, 2.05) is 0 Å². The molecule has 0 aliphatic carbocycles. The second-order valence-electron chi connectivity index (χ2n) is 3.59. The Morgan fingerprint density at radius 2 is 1.11 bits per heavy atom. The van der Waals surface area contributed by atoms with Crippen molar-refractivity contribution in [1.82, 2.24) is 0 Å². The number of hydrogen-bond donors (Lipinski definition) is 0. The van der Waals surface area contributed by atoms with E-state index in [2.05, 4.69) is 4.99 Å². The van der Waals surface area contributed by atoms with E-state index in [0.29, 0.717) is 6.07 Å². The van der Waals surface area contributed by atoms with Gasteiger partial charge in [0, 0.05) is 18.3 Å². The monoisotopic (exact) mass is 253 g/mol. The first-order chi connectivity index (χ1) is 8.52. The number of nitrogens with zero attached hydrogens (tertiary/aromatic N) is 1. The number of hydrogen-bond acceptors (Lipinski definition) is 1. The summed E-state index contributed by atoms with van der Waals surface area (Å²) >= 11 is 0. The fourth-order valence-electron chi connectivity index (χ4n) is 1.41. The molecule has 0 unspecified atom stereocenters. The Labute approximate surface area is 100 Å². The first-order valence-electron chi connectivity index (χ1n) is 4.99. The molecular formula is C13H7F4N. The second-order valence-corrected chi connectivity index (χ2v) is 3.59. The van der Waals surface area contributed by atoms with Gasteiger partial charge in [-0.2, -0.15) is 0 Å². The molecule has 5 heteroatoms. The maximum atomic E-state index is 12.9. The van der Waals surface area contributed by atoms with Gasteiger partial charge in [-0.05, 0) is 29.8 Å². The zero-order chi connectivity index (χ0) is 13.1. The van der Waals surface area contributed by atoms with Gasteiger partial charge in [0.15, 0.2) is 0 Å². The summed E-state index contributed by atoms with van der Waals surface area (Å²) in [7, 11) is 0. The molecule has 0 atom stereocenters. The number of halogens is 4. The van der Waals surface area contributed by atoms with E-state index in [1.165, 1.54) is 0 Å². The number of benzene rings is 2. The van der Waals surface area contributed by atoms with Gasteiger partial charge in [0.25, 0.3) is 0 Å². The SMILES string of the molecule is Fc1cc(F)cc(C=Nc2cc(F)cc(F)c2)c1. The van der Waals surface area contributed by atoms with Crippen LogP contribution < -0.4 is 0 Å². The second kappa shape index (κ2) is 5.00. The summed E-state index contributed by atoms with van der Waals surface area (Å²) in [5.41, 5.74) is 0.189. The van der Waals surface area contributed by atoms with Crippen LogP contribution >= 0.6 is 0 Å². The highest BCUT2D eigenvalue weighted by molar-refractivity contribution is 5.81. The first kappa shape index (κ1) is 12.3. The van der Waals surface area contributed by atoms with Crippen molar-refractivity contribution >= 4 is 11.9 Å². The average molecular weight is 253 g/mol. The molecule has 0 saturated carbocycles. The fourth-order valence-corrected chi connectivity index (χ4v) is 1.41. The summed E-state index contributed by atoms with van der Waals surface area (Å²) in [5, 5.41) is 0. The first-order valence-corrected chi connectivity index (χ1v) is 4.99. The van der Waals surface area contributed by atoms with E-state index in [9.17, 15) is 17.6 Å². The average Bonchev–Trinajstić information content (AvgIpc) is 2.23. The molecular weight excluding hydrogens is 246 g/mol. The van der Waals surface area contributed by atoms with Crippen molar-refractivity contribution in [3.8, 4) is 0 Å². The van der Waals surface area contributed by atoms with Crippen LogP contribution in [-0.4, -0.2) is 6.21 Å². The van der Waals surface area contributed by atoms with Gasteiger partial charge < -0.3 is 0 Å². The Kier molecular flexibility index (Phi) is 3.41. The van der Waals surface area contributed by atoms with Gasteiger partial charge in [-0.15, -0.1) is 0 Å². The van der Waals surface area contributed by atoms with Gasteiger partial charge in [-0.1, -0.05) is 0 Å². The summed E-state index contributed by atoms with van der Waals surface area (Å²) in [6.45, 7) is 0. The highest BCUT2D eigenvalue weighted by atomic mass is 19.1. The predicted molar refractivity (Wildman–Crippen MR) is 60.0 cm³/mol. The standard InChI is InChI=1S/C13H7F4N/c14-9-1-8(2-10(15)3-9)7-18-13-5-11(16)4-12(17)6-13/h1-7H. The third kappa shape index (κ3) is 3.16. The van der Waals surface area contributed by atoms with E-state index in [0.717, 1.165) is 36.5 Å². The van der Waals surface area contributed by atoms with Crippen LogP contribution in [0.2, 0.25) is 0 Å². The maximum Gasteiger partial charge on any atom is 0.128 e. The lowest BCUT2D eigenvalue weighted by molar-refractivity contribution is 0.582. The summed E-state index contributed by atoms with van der Waals surface area (Å²) in [6.07, 6.45) is 1.13. The van der Waals surface area contributed by atoms with Crippen LogP contribution in [0.1, 0.15) is 5.56 Å². The minimum absolute atomic E-state index is 0.0252. The molecule has 92 valence electrons. The van der Waals surface area contributed by atoms with Crippen molar-refractivity contribution in [3.63, 3.8) is 0 Å². The maximum absolute atomic E-state index is 12.9. The van der Waals surface area contributed by atoms with Crippen LogP contribution in [0.4, 0.5) is 23.2 Å². The summed E-state index contributed by atoms with van der Waals surface area (Å²) in [6, 6.07) is 5.56. The van der Waals surface area contributed by atoms with Crippen LogP contribution in [0.5, 0.6) is 0 Å². The van der Waals surface area contributed by atoms with Crippen LogP contribution in [0.15, 0.2) is 41.4 Å². The highest BCUT2D eigenvalue weighted by Gasteiger charge is 2.00. The smallest absolute Gasteiger partial charge is 0.128 e. The zero-order valence-corrected chi connectivity index (χ0v) is 9.00. The molecule has 2 aromatic rings. The normalized spacial score (nSPS) is 11.1. The number of aliphatic imine (C=N–C) groups is 1. The predicted octanol–water partition coefficient (Wildman–Crippen LogP) is 3.99. The zero-order valence-electron chi connectivity index (χ0n) is 9.00. The Balaban J connectivity index is 2.29. The van der Waals surface area contributed by atoms with Crippen molar-refractivity contribution in [2.45, 2.75) is 0 Å². The van der Waals surface area contributed by atoms with Gasteiger partial charge in [0.2, 0.25) is 0 Å². The Hall–Kier alpha value is -2.17. The molecule has 0 aliphatic heterocycles. The van der Waals surface area contributed by atoms with Crippen molar-refractivity contribution < 1.29 is 17.6 Å². The quantitative estimate of drug-likeness (QED) is 0.566. The van der Waals surface area contributed by atoms with Gasteiger partial charge >= 0.3 is 0 Å². The Morgan fingerprint density at radius 1 is 0.667 bits per heavy atom. The number of rotatable bonds is 2. The Morgan fingerprint density at radius 3 is 1.61 bits per heavy atom. The van der Waals surface area contributed by atoms with E-state index in [4.69, 9.17) is 0 Å². The fraction of sp³-hybridized carbons (Fsp3) is 0.